The summed E-state index contributed by atoms with van der Waals surface area (Å²) in [6, 6.07) is 2.96. The van der Waals surface area contributed by atoms with Crippen molar-refractivity contribution < 1.29 is 19.1 Å². The molecule has 0 aromatic carbocycles. The van der Waals surface area contributed by atoms with E-state index in [1.165, 1.54) is 12.0 Å². The molecule has 2 rings (SSSR count). The average molecular weight is 280 g/mol. The van der Waals surface area contributed by atoms with Crippen LogP contribution in [0.25, 0.3) is 0 Å². The van der Waals surface area contributed by atoms with Gasteiger partial charge in [0, 0.05) is 19.3 Å². The van der Waals surface area contributed by atoms with Crippen molar-refractivity contribution in [3.05, 3.63) is 24.0 Å². The van der Waals surface area contributed by atoms with Crippen LogP contribution in [-0.4, -0.2) is 54.3 Å². The van der Waals surface area contributed by atoms with Gasteiger partial charge in [0.25, 0.3) is 5.91 Å². The molecule has 1 saturated heterocycles. The summed E-state index contributed by atoms with van der Waals surface area (Å²) in [5.74, 6) is -0.589. The first-order valence-electron chi connectivity index (χ1n) is 6.80. The predicted molar refractivity (Wildman–Crippen MR) is 72.4 cm³/mol. The summed E-state index contributed by atoms with van der Waals surface area (Å²) in [6.45, 7) is 3.86. The second kappa shape index (κ2) is 6.56. The summed E-state index contributed by atoms with van der Waals surface area (Å²) in [5, 5.41) is 0. The Labute approximate surface area is 118 Å². The molecular weight excluding hydrogens is 260 g/mol. The van der Waals surface area contributed by atoms with Crippen molar-refractivity contribution in [3.8, 4) is 0 Å². The van der Waals surface area contributed by atoms with Crippen LogP contribution in [0, 0.1) is 0 Å². The Hall–Kier alpha value is -1.82. The lowest BCUT2D eigenvalue weighted by Crippen LogP contribution is -2.53. The molecule has 1 amide bonds. The molecule has 1 atom stereocenters. The maximum Gasteiger partial charge on any atom is 0.331 e. The number of nitrogens with zero attached hydrogens (tertiary/aromatic N) is 2. The van der Waals surface area contributed by atoms with Crippen LogP contribution in [0.15, 0.2) is 18.3 Å². The van der Waals surface area contributed by atoms with E-state index in [4.69, 9.17) is 9.47 Å². The van der Waals surface area contributed by atoms with Crippen LogP contribution in [0.3, 0.4) is 0 Å². The monoisotopic (exact) mass is 280 g/mol. The van der Waals surface area contributed by atoms with E-state index in [9.17, 15) is 9.59 Å². The predicted octanol–water partition coefficient (Wildman–Crippen LogP) is 0.912. The molecular formula is C14H20N2O4. The number of hydrogen-bond donors (Lipinski definition) is 0. The zero-order valence-corrected chi connectivity index (χ0v) is 11.9. The van der Waals surface area contributed by atoms with Gasteiger partial charge in [0.05, 0.1) is 20.3 Å². The van der Waals surface area contributed by atoms with E-state index in [0.29, 0.717) is 18.8 Å². The number of aromatic nitrogens is 1. The number of carbonyl (C=O) groups is 2. The number of rotatable bonds is 4. The normalized spacial score (nSPS) is 18.9. The lowest BCUT2D eigenvalue weighted by Gasteiger charge is -2.33. The molecule has 0 saturated carbocycles. The number of methoxy groups -OCH3 is 1. The molecule has 20 heavy (non-hydrogen) atoms. The zero-order chi connectivity index (χ0) is 14.5. The quantitative estimate of drug-likeness (QED) is 0.769. The summed E-state index contributed by atoms with van der Waals surface area (Å²) in [5.41, 5.74) is 0.600. The molecule has 1 aromatic heterocycles. The lowest BCUT2D eigenvalue weighted by atomic mass is 10.2. The van der Waals surface area contributed by atoms with Gasteiger partial charge in [-0.15, -0.1) is 0 Å². The highest BCUT2D eigenvalue weighted by molar-refractivity contribution is 5.95. The van der Waals surface area contributed by atoms with Crippen LogP contribution in [0.2, 0.25) is 0 Å². The van der Waals surface area contributed by atoms with E-state index in [1.807, 2.05) is 16.8 Å². The van der Waals surface area contributed by atoms with E-state index < -0.39 is 12.0 Å². The summed E-state index contributed by atoms with van der Waals surface area (Å²) in [6.07, 6.45) is 2.82. The van der Waals surface area contributed by atoms with Gasteiger partial charge in [-0.3, -0.25) is 4.79 Å². The molecule has 6 heteroatoms. The number of hydrogen-bond acceptors (Lipinski definition) is 4. The Morgan fingerprint density at radius 2 is 2.30 bits per heavy atom. The molecule has 1 unspecified atom stereocenters. The highest BCUT2D eigenvalue weighted by Gasteiger charge is 2.34. The van der Waals surface area contributed by atoms with E-state index in [-0.39, 0.29) is 12.5 Å². The van der Waals surface area contributed by atoms with Gasteiger partial charge in [-0.05, 0) is 18.6 Å². The van der Waals surface area contributed by atoms with Crippen LogP contribution in [0.1, 0.15) is 23.8 Å². The highest BCUT2D eigenvalue weighted by Crippen LogP contribution is 2.15. The number of amides is 1. The summed E-state index contributed by atoms with van der Waals surface area (Å²) in [4.78, 5) is 25.9. The highest BCUT2D eigenvalue weighted by atomic mass is 16.5. The van der Waals surface area contributed by atoms with E-state index in [2.05, 4.69) is 6.92 Å². The number of carbonyl (C=O) groups excluding carboxylic acids is 2. The van der Waals surface area contributed by atoms with Crippen molar-refractivity contribution in [2.24, 2.45) is 0 Å². The number of aryl methyl sites for hydroxylation is 1. The van der Waals surface area contributed by atoms with Gasteiger partial charge in [0.2, 0.25) is 0 Å². The fraction of sp³-hybridized carbons (Fsp3) is 0.571. The van der Waals surface area contributed by atoms with E-state index in [0.717, 1.165) is 13.0 Å². The Bertz CT molecular complexity index is 483. The first kappa shape index (κ1) is 14.6. The van der Waals surface area contributed by atoms with Crippen molar-refractivity contribution >= 4 is 11.9 Å². The third-order valence-corrected chi connectivity index (χ3v) is 3.38. The maximum atomic E-state index is 12.6. The smallest absolute Gasteiger partial charge is 0.331 e. The second-order valence-electron chi connectivity index (χ2n) is 4.70. The summed E-state index contributed by atoms with van der Waals surface area (Å²) < 4.78 is 11.9. The first-order valence-corrected chi connectivity index (χ1v) is 6.80. The van der Waals surface area contributed by atoms with E-state index >= 15 is 0 Å². The van der Waals surface area contributed by atoms with E-state index in [1.54, 1.807) is 6.07 Å². The van der Waals surface area contributed by atoms with Gasteiger partial charge in [0.1, 0.15) is 5.69 Å². The molecule has 0 N–H and O–H groups in total. The van der Waals surface area contributed by atoms with Crippen molar-refractivity contribution in [1.82, 2.24) is 9.47 Å². The molecule has 0 bridgehead atoms. The molecule has 2 heterocycles. The van der Waals surface area contributed by atoms with Gasteiger partial charge >= 0.3 is 5.97 Å². The van der Waals surface area contributed by atoms with Crippen molar-refractivity contribution in [2.45, 2.75) is 25.9 Å². The van der Waals surface area contributed by atoms with Crippen LogP contribution in [0.4, 0.5) is 0 Å². The topological polar surface area (TPSA) is 60.8 Å². The summed E-state index contributed by atoms with van der Waals surface area (Å²) in [7, 11) is 1.32. The largest absolute Gasteiger partial charge is 0.467 e. The van der Waals surface area contributed by atoms with Crippen molar-refractivity contribution in [2.75, 3.05) is 26.9 Å². The van der Waals surface area contributed by atoms with Crippen LogP contribution in [-0.2, 0) is 20.8 Å². The molecule has 1 aliphatic heterocycles. The number of morpholine rings is 1. The minimum absolute atomic E-state index is 0.151. The Morgan fingerprint density at radius 3 is 3.00 bits per heavy atom. The Balaban J connectivity index is 2.21. The van der Waals surface area contributed by atoms with Crippen LogP contribution >= 0.6 is 0 Å². The van der Waals surface area contributed by atoms with Crippen LogP contribution < -0.4 is 0 Å². The Kier molecular flexibility index (Phi) is 4.79. The molecule has 0 aliphatic carbocycles. The fourth-order valence-electron chi connectivity index (χ4n) is 2.37. The molecule has 1 aliphatic rings. The van der Waals surface area contributed by atoms with Gasteiger partial charge in [-0.1, -0.05) is 6.92 Å². The van der Waals surface area contributed by atoms with Gasteiger partial charge in [0.15, 0.2) is 6.04 Å². The van der Waals surface area contributed by atoms with Crippen molar-refractivity contribution in [3.63, 3.8) is 0 Å². The molecule has 1 fully saturated rings. The summed E-state index contributed by atoms with van der Waals surface area (Å²) >= 11 is 0. The maximum absolute atomic E-state index is 12.6. The van der Waals surface area contributed by atoms with Crippen LogP contribution in [0.5, 0.6) is 0 Å². The fourth-order valence-corrected chi connectivity index (χ4v) is 2.37. The minimum Gasteiger partial charge on any atom is -0.467 e. The van der Waals surface area contributed by atoms with Crippen molar-refractivity contribution in [1.29, 1.82) is 0 Å². The molecule has 6 nitrogen and oxygen atoms in total. The van der Waals surface area contributed by atoms with Gasteiger partial charge in [-0.2, -0.15) is 0 Å². The molecule has 110 valence electrons. The zero-order valence-electron chi connectivity index (χ0n) is 11.9. The Morgan fingerprint density at radius 1 is 1.50 bits per heavy atom. The molecule has 1 aromatic rings. The number of esters is 1. The minimum atomic E-state index is -0.661. The van der Waals surface area contributed by atoms with Gasteiger partial charge < -0.3 is 18.9 Å². The lowest BCUT2D eigenvalue weighted by molar-refractivity contribution is -0.151. The third kappa shape index (κ3) is 2.85. The molecule has 0 spiro atoms. The van der Waals surface area contributed by atoms with Gasteiger partial charge in [-0.25, -0.2) is 4.79 Å². The average Bonchev–Trinajstić information content (AvgIpc) is 2.94. The molecule has 0 radical (unpaired) electrons. The first-order chi connectivity index (χ1) is 9.69. The number of ether oxygens (including phenoxy) is 2. The second-order valence-corrected chi connectivity index (χ2v) is 4.70. The SMILES string of the molecule is CCCn1cccc1C(=O)N1CCOCC1C(=O)OC. The standard InChI is InChI=1S/C14H20N2O4/c1-3-6-15-7-4-5-11(15)13(17)16-8-9-20-10-12(16)14(18)19-2/h4-5,7,12H,3,6,8-10H2,1-2H3. The third-order valence-electron chi connectivity index (χ3n) is 3.38.